The smallest absolute Gasteiger partial charge is 0.410 e. The quantitative estimate of drug-likeness (QED) is 0.328. The van der Waals surface area contributed by atoms with Crippen LogP contribution in [0.4, 0.5) is 10.5 Å². The van der Waals surface area contributed by atoms with Gasteiger partial charge in [0.15, 0.2) is 0 Å². The Labute approximate surface area is 251 Å². The van der Waals surface area contributed by atoms with Gasteiger partial charge in [-0.2, -0.15) is 0 Å². The van der Waals surface area contributed by atoms with Gasteiger partial charge in [-0.1, -0.05) is 42.5 Å². The van der Waals surface area contributed by atoms with E-state index in [1.807, 2.05) is 66.4 Å². The van der Waals surface area contributed by atoms with Crippen molar-refractivity contribution in [2.24, 2.45) is 0 Å². The number of β-amino-alcohol motifs (C(OH)–C–C–N with tert-alkyl or cyclic N) is 1. The first-order chi connectivity index (χ1) is 20.7. The molecule has 9 nitrogen and oxygen atoms in total. The van der Waals surface area contributed by atoms with Crippen molar-refractivity contribution in [3.63, 3.8) is 0 Å². The van der Waals surface area contributed by atoms with Crippen molar-refractivity contribution in [3.8, 4) is 16.9 Å². The lowest BCUT2D eigenvalue weighted by Gasteiger charge is -2.31. The Morgan fingerprint density at radius 1 is 1.02 bits per heavy atom. The number of nitrogens with zero attached hydrogens (tertiary/aromatic N) is 2. The molecule has 2 heterocycles. The third-order valence-electron chi connectivity index (χ3n) is 8.30. The number of aliphatic hydroxyl groups is 1. The molecule has 0 saturated carbocycles. The molecule has 1 saturated heterocycles. The molecule has 5 rings (SSSR count). The summed E-state index contributed by atoms with van der Waals surface area (Å²) in [5.74, 6) is -0.228. The molecular formula is C34H38N2O7. The number of hydrogen-bond donors (Lipinski definition) is 2. The van der Waals surface area contributed by atoms with Gasteiger partial charge >= 0.3 is 12.1 Å². The molecular weight excluding hydrogens is 548 g/mol. The molecule has 0 aliphatic carbocycles. The summed E-state index contributed by atoms with van der Waals surface area (Å²) in [6, 6.07) is 18.6. The first kappa shape index (κ1) is 30.1. The first-order valence-corrected chi connectivity index (χ1v) is 14.8. The zero-order chi connectivity index (χ0) is 30.5. The van der Waals surface area contributed by atoms with E-state index in [2.05, 4.69) is 13.0 Å². The average Bonchev–Trinajstić information content (AvgIpc) is 3.41. The van der Waals surface area contributed by atoms with E-state index in [1.54, 1.807) is 0 Å². The van der Waals surface area contributed by atoms with E-state index in [0.29, 0.717) is 26.0 Å². The molecule has 3 aromatic carbocycles. The van der Waals surface area contributed by atoms with Crippen molar-refractivity contribution in [2.45, 2.75) is 64.7 Å². The number of likely N-dealkylation sites (tertiary alicyclic amines) is 1. The number of ether oxygens (including phenoxy) is 2. The first-order valence-electron chi connectivity index (χ1n) is 14.8. The van der Waals surface area contributed by atoms with Gasteiger partial charge in [-0.3, -0.25) is 9.69 Å². The fraction of sp³-hybridized carbons (Fsp3) is 0.382. The molecule has 0 spiro atoms. The second-order valence-electron chi connectivity index (χ2n) is 11.3. The Bertz CT molecular complexity index is 1500. The number of carboxylic acids is 1. The second-order valence-corrected chi connectivity index (χ2v) is 11.3. The third-order valence-corrected chi connectivity index (χ3v) is 8.30. The summed E-state index contributed by atoms with van der Waals surface area (Å²) in [6.07, 6.45) is 1.06. The van der Waals surface area contributed by atoms with E-state index < -0.39 is 24.2 Å². The topological polar surface area (TPSA) is 117 Å². The molecule has 2 amide bonds. The fourth-order valence-corrected chi connectivity index (χ4v) is 5.88. The van der Waals surface area contributed by atoms with E-state index >= 15 is 0 Å². The van der Waals surface area contributed by atoms with Crippen LogP contribution in [0.2, 0.25) is 0 Å². The van der Waals surface area contributed by atoms with Crippen molar-refractivity contribution in [3.05, 3.63) is 82.9 Å². The van der Waals surface area contributed by atoms with E-state index in [4.69, 9.17) is 9.47 Å². The lowest BCUT2D eigenvalue weighted by Crippen LogP contribution is -2.40. The number of rotatable bonds is 9. The molecule has 2 N–H and O–H groups in total. The standard InChI is InChI=1S/C34H38N2O7/c1-22-8-3-14-31(23(22)2)42-17-7-15-32(38)35-16-6-12-28-27(11-5-13-29(28)35)25-10-4-9-24(18-25)21-43-34(41)36-20-26(37)19-30(36)33(39)40/h3-5,8-11,13-14,18,26,30,37H,6-7,12,15-17,19-21H2,1-2H3,(H,39,40)/t26-,30-/m0/s1. The van der Waals surface area contributed by atoms with Crippen LogP contribution in [0.3, 0.4) is 0 Å². The van der Waals surface area contributed by atoms with Crippen LogP contribution in [0.5, 0.6) is 5.75 Å². The number of carbonyl (C=O) groups excluding carboxylic acids is 2. The number of fused-ring (bicyclic) bond motifs is 1. The van der Waals surface area contributed by atoms with Crippen LogP contribution in [-0.2, 0) is 27.4 Å². The van der Waals surface area contributed by atoms with Gasteiger partial charge in [0.25, 0.3) is 0 Å². The molecule has 2 aliphatic heterocycles. The average molecular weight is 587 g/mol. The highest BCUT2D eigenvalue weighted by atomic mass is 16.6. The number of benzene rings is 3. The van der Waals surface area contributed by atoms with Crippen LogP contribution in [0.15, 0.2) is 60.7 Å². The summed E-state index contributed by atoms with van der Waals surface area (Å²) in [5.41, 5.74) is 7.05. The molecule has 43 heavy (non-hydrogen) atoms. The van der Waals surface area contributed by atoms with Crippen LogP contribution >= 0.6 is 0 Å². The number of carboxylic acid groups (broad SMARTS) is 1. The fourth-order valence-electron chi connectivity index (χ4n) is 5.88. The zero-order valence-electron chi connectivity index (χ0n) is 24.6. The Morgan fingerprint density at radius 3 is 2.63 bits per heavy atom. The Hall–Kier alpha value is -4.37. The summed E-state index contributed by atoms with van der Waals surface area (Å²) in [5, 5.41) is 19.2. The molecule has 0 radical (unpaired) electrons. The Balaban J connectivity index is 1.23. The number of aliphatic hydroxyl groups excluding tert-OH is 1. The van der Waals surface area contributed by atoms with Crippen LogP contribution in [0, 0.1) is 13.8 Å². The maximum absolute atomic E-state index is 13.3. The number of hydrogen-bond acceptors (Lipinski definition) is 6. The minimum Gasteiger partial charge on any atom is -0.493 e. The molecule has 0 unspecified atom stereocenters. The molecule has 9 heteroatoms. The molecule has 2 aliphatic rings. The Morgan fingerprint density at radius 2 is 1.81 bits per heavy atom. The van der Waals surface area contributed by atoms with Gasteiger partial charge < -0.3 is 24.6 Å². The molecule has 0 aromatic heterocycles. The molecule has 226 valence electrons. The third kappa shape index (κ3) is 6.83. The predicted molar refractivity (Wildman–Crippen MR) is 162 cm³/mol. The van der Waals surface area contributed by atoms with E-state index in [-0.39, 0.29) is 25.5 Å². The van der Waals surface area contributed by atoms with Gasteiger partial charge in [-0.05, 0) is 84.7 Å². The second kappa shape index (κ2) is 13.3. The van der Waals surface area contributed by atoms with Crippen LogP contribution in [0.25, 0.3) is 11.1 Å². The van der Waals surface area contributed by atoms with Crippen LogP contribution in [0.1, 0.15) is 47.9 Å². The molecule has 1 fully saturated rings. The normalized spacial score (nSPS) is 17.8. The number of carbonyl (C=O) groups is 3. The van der Waals surface area contributed by atoms with Crippen molar-refractivity contribution >= 4 is 23.7 Å². The zero-order valence-corrected chi connectivity index (χ0v) is 24.6. The monoisotopic (exact) mass is 586 g/mol. The molecule has 3 aromatic rings. The highest BCUT2D eigenvalue weighted by Crippen LogP contribution is 2.36. The summed E-state index contributed by atoms with van der Waals surface area (Å²) in [4.78, 5) is 40.3. The minimum atomic E-state index is -1.16. The number of aryl methyl sites for hydroxylation is 1. The maximum atomic E-state index is 13.3. The van der Waals surface area contributed by atoms with E-state index in [9.17, 15) is 24.6 Å². The molecule has 2 atom stereocenters. The van der Waals surface area contributed by atoms with E-state index in [0.717, 1.165) is 57.0 Å². The van der Waals surface area contributed by atoms with Gasteiger partial charge in [-0.25, -0.2) is 9.59 Å². The van der Waals surface area contributed by atoms with Crippen molar-refractivity contribution in [1.29, 1.82) is 0 Å². The minimum absolute atomic E-state index is 0.0144. The SMILES string of the molecule is Cc1cccc(OCCCC(=O)N2CCCc3c(-c4cccc(COC(=O)N5C[C@@H](O)C[C@H]5C(=O)O)c4)cccc32)c1C. The van der Waals surface area contributed by atoms with Crippen LogP contribution < -0.4 is 9.64 Å². The number of anilines is 1. The highest BCUT2D eigenvalue weighted by Gasteiger charge is 2.39. The maximum Gasteiger partial charge on any atom is 0.410 e. The highest BCUT2D eigenvalue weighted by molar-refractivity contribution is 5.96. The van der Waals surface area contributed by atoms with E-state index in [1.165, 1.54) is 5.56 Å². The van der Waals surface area contributed by atoms with Crippen LogP contribution in [-0.4, -0.2) is 64.9 Å². The lowest BCUT2D eigenvalue weighted by molar-refractivity contribution is -0.141. The largest absolute Gasteiger partial charge is 0.493 e. The van der Waals surface area contributed by atoms with Crippen molar-refractivity contribution in [1.82, 2.24) is 4.90 Å². The predicted octanol–water partition coefficient (Wildman–Crippen LogP) is 5.27. The van der Waals surface area contributed by atoms with Gasteiger partial charge in [0.1, 0.15) is 18.4 Å². The van der Waals surface area contributed by atoms with Crippen molar-refractivity contribution < 1.29 is 34.1 Å². The summed E-state index contributed by atoms with van der Waals surface area (Å²) >= 11 is 0. The van der Waals surface area contributed by atoms with Gasteiger partial charge in [0, 0.05) is 25.1 Å². The summed E-state index contributed by atoms with van der Waals surface area (Å²) < 4.78 is 11.4. The number of amides is 2. The van der Waals surface area contributed by atoms with Gasteiger partial charge in [0.2, 0.25) is 5.91 Å². The Kier molecular flexibility index (Phi) is 9.31. The number of aliphatic carboxylic acids is 1. The van der Waals surface area contributed by atoms with Gasteiger partial charge in [-0.15, -0.1) is 0 Å². The summed E-state index contributed by atoms with van der Waals surface area (Å²) in [6.45, 7) is 5.14. The van der Waals surface area contributed by atoms with Gasteiger partial charge in [0.05, 0.1) is 19.3 Å². The lowest BCUT2D eigenvalue weighted by atomic mass is 9.91. The molecule has 0 bridgehead atoms. The summed E-state index contributed by atoms with van der Waals surface area (Å²) in [7, 11) is 0. The van der Waals surface area contributed by atoms with Crippen molar-refractivity contribution in [2.75, 3.05) is 24.6 Å².